The van der Waals surface area contributed by atoms with Gasteiger partial charge in [0.1, 0.15) is 12.4 Å². The van der Waals surface area contributed by atoms with Gasteiger partial charge in [-0.3, -0.25) is 5.43 Å². The van der Waals surface area contributed by atoms with E-state index in [2.05, 4.69) is 10.5 Å². The summed E-state index contributed by atoms with van der Waals surface area (Å²) in [5.41, 5.74) is 2.22. The average Bonchev–Trinajstić information content (AvgIpc) is 2.14. The van der Waals surface area contributed by atoms with Gasteiger partial charge in [0.25, 0.3) is 0 Å². The third-order valence-corrected chi connectivity index (χ3v) is 0.734. The van der Waals surface area contributed by atoms with Crippen molar-refractivity contribution < 1.29 is 4.48 Å². The average molecular weight is 114 g/mol. The summed E-state index contributed by atoms with van der Waals surface area (Å²) in [5.74, 6) is 0. The Morgan fingerprint density at radius 2 is 2.75 bits per heavy atom. The summed E-state index contributed by atoms with van der Waals surface area (Å²) in [6.45, 7) is 0. The van der Waals surface area contributed by atoms with Crippen molar-refractivity contribution in [2.75, 3.05) is 0 Å². The Bertz CT molecular complexity index is 148. The van der Waals surface area contributed by atoms with E-state index in [9.17, 15) is 4.48 Å². The third kappa shape index (κ3) is 0.559. The van der Waals surface area contributed by atoms with Crippen LogP contribution in [-0.2, 0) is 0 Å². The molecule has 1 heterocycles. The number of hydrazone groups is 1. The Kier molecular flexibility index (Phi) is 1.00. The molecule has 0 aromatic rings. The molecule has 1 N–H and O–H groups in total. The van der Waals surface area contributed by atoms with Gasteiger partial charge in [-0.15, -0.1) is 0 Å². The smallest absolute Gasteiger partial charge is 0.233 e. The zero-order chi connectivity index (χ0) is 5.98. The lowest BCUT2D eigenvalue weighted by Crippen LogP contribution is -2.28. The molecule has 42 valence electrons. The van der Waals surface area contributed by atoms with Gasteiger partial charge in [0.2, 0.25) is 6.17 Å². The topological polar surface area (TPSA) is 51.4 Å². The Balaban J connectivity index is 2.54. The van der Waals surface area contributed by atoms with Gasteiger partial charge in [-0.2, -0.15) is 15.5 Å². The van der Waals surface area contributed by atoms with Crippen LogP contribution in [-0.4, -0.2) is 17.6 Å². The number of hydrogen-bond acceptors (Lipinski definition) is 4. The van der Waals surface area contributed by atoms with Crippen LogP contribution in [0.4, 0.5) is 4.48 Å². The fraction of sp³-hybridized carbons (Fsp3) is 0.333. The molecule has 1 rings (SSSR count). The van der Waals surface area contributed by atoms with Gasteiger partial charge in [0.05, 0.1) is 0 Å². The van der Waals surface area contributed by atoms with Gasteiger partial charge >= 0.3 is 0 Å². The maximum absolute atomic E-state index is 12.0. The van der Waals surface area contributed by atoms with Crippen molar-refractivity contribution in [3.63, 3.8) is 0 Å². The molecule has 1 aliphatic rings. The number of nitrogens with zero attached hydrogens (tertiary/aromatic N) is 3. The van der Waals surface area contributed by atoms with Gasteiger partial charge in [-0.1, -0.05) is 4.48 Å². The quantitative estimate of drug-likeness (QED) is 0.435. The highest BCUT2D eigenvalue weighted by molar-refractivity contribution is 5.55. The van der Waals surface area contributed by atoms with Crippen LogP contribution < -0.4 is 5.43 Å². The number of nitriles is 1. The number of nitrogens with one attached hydrogen (secondary N) is 1. The summed E-state index contributed by atoms with van der Waals surface area (Å²) < 4.78 is 12.0. The molecule has 4 nitrogen and oxygen atoms in total. The Morgan fingerprint density at radius 3 is 3.00 bits per heavy atom. The molecular formula is C3H3FN4. The van der Waals surface area contributed by atoms with Crippen LogP contribution in [0.2, 0.25) is 0 Å². The van der Waals surface area contributed by atoms with Crippen LogP contribution in [0.5, 0.6) is 0 Å². The molecule has 0 amide bonds. The van der Waals surface area contributed by atoms with E-state index >= 15 is 0 Å². The highest BCUT2D eigenvalue weighted by atomic mass is 19.2. The standard InChI is InChI=1S/C3H3FN4/c4-8-2-6-7-3(8)1-5/h2-3,7H. The Morgan fingerprint density at radius 1 is 2.00 bits per heavy atom. The van der Waals surface area contributed by atoms with E-state index in [4.69, 9.17) is 5.26 Å². The van der Waals surface area contributed by atoms with Gasteiger partial charge in [-0.05, 0) is 0 Å². The van der Waals surface area contributed by atoms with E-state index in [1.807, 2.05) is 0 Å². The molecular weight excluding hydrogens is 111 g/mol. The van der Waals surface area contributed by atoms with Crippen molar-refractivity contribution in [3.8, 4) is 6.07 Å². The first-order valence-electron chi connectivity index (χ1n) is 1.97. The fourth-order valence-electron chi connectivity index (χ4n) is 0.365. The number of halogens is 1. The molecule has 0 fully saturated rings. The molecule has 1 atom stereocenters. The minimum Gasteiger partial charge on any atom is -0.271 e. The lowest BCUT2D eigenvalue weighted by atomic mass is 10.6. The van der Waals surface area contributed by atoms with Gasteiger partial charge in [-0.25, -0.2) is 0 Å². The molecule has 0 bridgehead atoms. The zero-order valence-electron chi connectivity index (χ0n) is 3.87. The van der Waals surface area contributed by atoms with Crippen LogP contribution in [0.1, 0.15) is 0 Å². The summed E-state index contributed by atoms with van der Waals surface area (Å²) in [6.07, 6.45) is -0.0246. The lowest BCUT2D eigenvalue weighted by molar-refractivity contribution is 0.101. The van der Waals surface area contributed by atoms with Crippen molar-refractivity contribution >= 4 is 6.34 Å². The van der Waals surface area contributed by atoms with E-state index in [0.29, 0.717) is 0 Å². The van der Waals surface area contributed by atoms with Gasteiger partial charge in [0.15, 0.2) is 0 Å². The van der Waals surface area contributed by atoms with E-state index in [0.717, 1.165) is 6.34 Å². The minimum absolute atomic E-state index is 0.194. The second-order valence-electron chi connectivity index (χ2n) is 1.25. The second kappa shape index (κ2) is 1.66. The largest absolute Gasteiger partial charge is 0.271 e. The Hall–Kier alpha value is -1.31. The first-order chi connectivity index (χ1) is 3.84. The highest BCUT2D eigenvalue weighted by Gasteiger charge is 2.17. The predicted octanol–water partition coefficient (Wildman–Crippen LogP) is -0.431. The first-order valence-corrected chi connectivity index (χ1v) is 1.97. The minimum atomic E-state index is -0.935. The van der Waals surface area contributed by atoms with Crippen LogP contribution in [0.25, 0.3) is 0 Å². The first kappa shape index (κ1) is 4.84. The normalized spacial score (nSPS) is 25.0. The lowest BCUT2D eigenvalue weighted by Gasteiger charge is -2.02. The molecule has 0 aliphatic carbocycles. The molecule has 0 radical (unpaired) electrons. The molecule has 1 unspecified atom stereocenters. The predicted molar refractivity (Wildman–Crippen MR) is 24.0 cm³/mol. The van der Waals surface area contributed by atoms with Gasteiger partial charge < -0.3 is 0 Å². The SMILES string of the molecule is N#CC1NN=CN1F. The van der Waals surface area contributed by atoms with E-state index in [1.54, 1.807) is 6.07 Å². The summed E-state index contributed by atoms with van der Waals surface area (Å²) in [6, 6.07) is 1.63. The van der Waals surface area contributed by atoms with Crippen molar-refractivity contribution in [3.05, 3.63) is 0 Å². The molecule has 0 spiro atoms. The van der Waals surface area contributed by atoms with Crippen LogP contribution in [0.15, 0.2) is 5.10 Å². The maximum Gasteiger partial charge on any atom is 0.233 e. The highest BCUT2D eigenvalue weighted by Crippen LogP contribution is 1.96. The third-order valence-electron chi connectivity index (χ3n) is 0.734. The summed E-state index contributed by atoms with van der Waals surface area (Å²) in [5, 5.41) is 11.5. The van der Waals surface area contributed by atoms with Crippen molar-refractivity contribution in [2.24, 2.45) is 5.10 Å². The number of hydrogen-bond donors (Lipinski definition) is 1. The van der Waals surface area contributed by atoms with E-state index in [1.165, 1.54) is 0 Å². The van der Waals surface area contributed by atoms with Crippen LogP contribution in [0.3, 0.4) is 0 Å². The van der Waals surface area contributed by atoms with Crippen molar-refractivity contribution in [1.29, 1.82) is 5.26 Å². The van der Waals surface area contributed by atoms with Crippen LogP contribution >= 0.6 is 0 Å². The molecule has 0 aromatic heterocycles. The molecule has 1 aliphatic heterocycles. The number of rotatable bonds is 0. The van der Waals surface area contributed by atoms with Crippen LogP contribution in [0, 0.1) is 11.3 Å². The molecule has 5 heteroatoms. The zero-order valence-corrected chi connectivity index (χ0v) is 3.87. The molecule has 0 aromatic carbocycles. The molecule has 0 saturated carbocycles. The second-order valence-corrected chi connectivity index (χ2v) is 1.25. The molecule has 8 heavy (non-hydrogen) atoms. The van der Waals surface area contributed by atoms with Crippen molar-refractivity contribution in [2.45, 2.75) is 6.17 Å². The van der Waals surface area contributed by atoms with Crippen molar-refractivity contribution in [1.82, 2.24) is 10.5 Å². The maximum atomic E-state index is 12.0. The van der Waals surface area contributed by atoms with E-state index in [-0.39, 0.29) is 5.12 Å². The molecule has 0 saturated heterocycles. The summed E-state index contributed by atoms with van der Waals surface area (Å²) in [7, 11) is 0. The van der Waals surface area contributed by atoms with Gasteiger partial charge in [0, 0.05) is 0 Å². The Labute approximate surface area is 45.1 Å². The fourth-order valence-corrected chi connectivity index (χ4v) is 0.365. The summed E-state index contributed by atoms with van der Waals surface area (Å²) >= 11 is 0. The van der Waals surface area contributed by atoms with E-state index < -0.39 is 6.17 Å². The summed E-state index contributed by atoms with van der Waals surface area (Å²) in [4.78, 5) is 0. The monoisotopic (exact) mass is 114 g/mol.